The third kappa shape index (κ3) is 5.76. The molecule has 0 unspecified atom stereocenters. The molecule has 164 valence electrons. The number of hydrogen-bond donors (Lipinski definition) is 0. The molecule has 2 aromatic rings. The molecule has 2 aliphatic rings. The zero-order chi connectivity index (χ0) is 21.6. The highest BCUT2D eigenvalue weighted by atomic mass is 19.2. The van der Waals surface area contributed by atoms with Crippen LogP contribution in [-0.2, 0) is 0 Å². The van der Waals surface area contributed by atoms with Crippen molar-refractivity contribution in [1.29, 1.82) is 0 Å². The molecule has 2 heteroatoms. The van der Waals surface area contributed by atoms with Gasteiger partial charge in [-0.1, -0.05) is 56.6 Å². The van der Waals surface area contributed by atoms with Crippen molar-refractivity contribution in [2.75, 3.05) is 0 Å². The predicted molar refractivity (Wildman–Crippen MR) is 124 cm³/mol. The van der Waals surface area contributed by atoms with Gasteiger partial charge in [0.1, 0.15) is 0 Å². The minimum absolute atomic E-state index is 0.491. The summed E-state index contributed by atoms with van der Waals surface area (Å²) in [5.74, 6) is 7.88. The Hall–Kier alpha value is -2.14. The molecule has 31 heavy (non-hydrogen) atoms. The maximum absolute atomic E-state index is 13.3. The third-order valence-corrected chi connectivity index (χ3v) is 7.68. The maximum atomic E-state index is 13.3. The normalized spacial score (nSPS) is 26.2. The summed E-state index contributed by atoms with van der Waals surface area (Å²) in [5, 5.41) is 0. The third-order valence-electron chi connectivity index (χ3n) is 7.68. The Morgan fingerprint density at radius 1 is 0.710 bits per heavy atom. The Balaban J connectivity index is 1.29. The first-order chi connectivity index (χ1) is 15.1. The lowest BCUT2D eigenvalue weighted by Gasteiger charge is -2.38. The topological polar surface area (TPSA) is 0 Å². The van der Waals surface area contributed by atoms with Crippen LogP contribution in [-0.4, -0.2) is 0 Å². The van der Waals surface area contributed by atoms with Gasteiger partial charge in [-0.3, -0.25) is 0 Å². The van der Waals surface area contributed by atoms with Crippen molar-refractivity contribution in [3.05, 3.63) is 70.8 Å². The van der Waals surface area contributed by atoms with Gasteiger partial charge in [-0.25, -0.2) is 8.78 Å². The molecular formula is C29H34F2. The summed E-state index contributed by atoms with van der Waals surface area (Å²) < 4.78 is 26.3. The molecule has 0 radical (unpaired) electrons. The summed E-state index contributed by atoms with van der Waals surface area (Å²) in [4.78, 5) is 0. The summed E-state index contributed by atoms with van der Waals surface area (Å²) >= 11 is 0. The Bertz CT molecular complexity index is 902. The molecule has 0 heterocycles. The predicted octanol–water partition coefficient (Wildman–Crippen LogP) is 8.24. The summed E-state index contributed by atoms with van der Waals surface area (Å²) in [5.41, 5.74) is 2.82. The van der Waals surface area contributed by atoms with Crippen LogP contribution in [0.4, 0.5) is 8.78 Å². The van der Waals surface area contributed by atoms with E-state index in [0.29, 0.717) is 11.5 Å². The van der Waals surface area contributed by atoms with Gasteiger partial charge < -0.3 is 0 Å². The minimum Gasteiger partial charge on any atom is -0.204 e. The monoisotopic (exact) mass is 420 g/mol. The second-order valence-electron chi connectivity index (χ2n) is 9.68. The zero-order valence-electron chi connectivity index (χ0n) is 18.7. The van der Waals surface area contributed by atoms with Crippen LogP contribution in [0.1, 0.15) is 93.7 Å². The van der Waals surface area contributed by atoms with E-state index in [1.807, 2.05) is 0 Å². The molecule has 4 rings (SSSR count). The van der Waals surface area contributed by atoms with E-state index in [-0.39, 0.29) is 0 Å². The largest absolute Gasteiger partial charge is 0.204 e. The van der Waals surface area contributed by atoms with Crippen molar-refractivity contribution in [2.24, 2.45) is 17.8 Å². The van der Waals surface area contributed by atoms with Crippen LogP contribution in [0.25, 0.3) is 0 Å². The molecule has 0 saturated heterocycles. The number of benzene rings is 2. The highest BCUT2D eigenvalue weighted by Gasteiger charge is 2.31. The Labute approximate surface area is 186 Å². The Morgan fingerprint density at radius 3 is 1.90 bits per heavy atom. The van der Waals surface area contributed by atoms with Crippen molar-refractivity contribution in [2.45, 2.75) is 77.0 Å². The van der Waals surface area contributed by atoms with Gasteiger partial charge in [0.2, 0.25) is 0 Å². The minimum atomic E-state index is -0.855. The zero-order valence-corrected chi connectivity index (χ0v) is 18.7. The van der Waals surface area contributed by atoms with Crippen molar-refractivity contribution >= 4 is 0 Å². The molecule has 2 fully saturated rings. The van der Waals surface area contributed by atoms with E-state index < -0.39 is 11.6 Å². The van der Waals surface area contributed by atoms with Crippen LogP contribution in [0.2, 0.25) is 0 Å². The van der Waals surface area contributed by atoms with Gasteiger partial charge in [0.15, 0.2) is 11.6 Å². The lowest BCUT2D eigenvalue weighted by Crippen LogP contribution is -2.25. The van der Waals surface area contributed by atoms with Crippen LogP contribution in [0.5, 0.6) is 0 Å². The smallest absolute Gasteiger partial charge is 0.160 e. The first-order valence-corrected chi connectivity index (χ1v) is 12.2. The molecule has 2 aromatic carbocycles. The molecule has 0 N–H and O–H groups in total. The van der Waals surface area contributed by atoms with E-state index >= 15 is 0 Å². The highest BCUT2D eigenvalue weighted by Crippen LogP contribution is 2.44. The van der Waals surface area contributed by atoms with Gasteiger partial charge in [0.25, 0.3) is 0 Å². The van der Waals surface area contributed by atoms with E-state index in [2.05, 4.69) is 43.0 Å². The average molecular weight is 421 g/mol. The standard InChI is InChI=1S/C29H34F2/c1-2-3-21-6-11-24(12-7-21)26-15-17-27(18-16-26)25-13-8-22(9-14-25)4-5-23-10-19-28(30)29(31)20-23/h8-10,13-14,19-21,24,26-27H,2-3,6-7,11-12,15-18H2,1H3/t21-,24-,26-,27-. The van der Waals surface area contributed by atoms with E-state index in [4.69, 9.17) is 0 Å². The van der Waals surface area contributed by atoms with Gasteiger partial charge in [0, 0.05) is 11.1 Å². The first-order valence-electron chi connectivity index (χ1n) is 12.2. The molecular weight excluding hydrogens is 386 g/mol. The molecule has 0 aliphatic heterocycles. The van der Waals surface area contributed by atoms with Crippen LogP contribution >= 0.6 is 0 Å². The first kappa shape index (κ1) is 22.1. The Kier molecular flexibility index (Phi) is 7.44. The van der Waals surface area contributed by atoms with Crippen LogP contribution in [0.3, 0.4) is 0 Å². The SMILES string of the molecule is CCC[C@H]1CC[C@H]([C@H]2CC[C@H](c3ccc(C#Cc4ccc(F)c(F)c4)cc3)CC2)CC1. The van der Waals surface area contributed by atoms with E-state index in [1.165, 1.54) is 75.8 Å². The van der Waals surface area contributed by atoms with Crippen molar-refractivity contribution in [3.63, 3.8) is 0 Å². The second kappa shape index (κ2) is 10.4. The lowest BCUT2D eigenvalue weighted by atomic mass is 9.68. The summed E-state index contributed by atoms with van der Waals surface area (Å²) in [6, 6.07) is 12.3. The fourth-order valence-corrected chi connectivity index (χ4v) is 5.84. The number of rotatable bonds is 4. The highest BCUT2D eigenvalue weighted by molar-refractivity contribution is 5.44. The Morgan fingerprint density at radius 2 is 1.29 bits per heavy atom. The molecule has 0 aromatic heterocycles. The molecule has 0 amide bonds. The quantitative estimate of drug-likeness (QED) is 0.437. The molecule has 2 saturated carbocycles. The van der Waals surface area contributed by atoms with Gasteiger partial charge in [-0.15, -0.1) is 0 Å². The van der Waals surface area contributed by atoms with Gasteiger partial charge in [0.05, 0.1) is 0 Å². The van der Waals surface area contributed by atoms with E-state index in [9.17, 15) is 8.78 Å². The molecule has 0 bridgehead atoms. The summed E-state index contributed by atoms with van der Waals surface area (Å²) in [7, 11) is 0. The number of hydrogen-bond acceptors (Lipinski definition) is 0. The van der Waals surface area contributed by atoms with Crippen LogP contribution < -0.4 is 0 Å². The van der Waals surface area contributed by atoms with E-state index in [1.54, 1.807) is 0 Å². The van der Waals surface area contributed by atoms with Gasteiger partial charge in [-0.05, 0) is 98.1 Å². The molecule has 2 aliphatic carbocycles. The van der Waals surface area contributed by atoms with Crippen LogP contribution in [0.15, 0.2) is 42.5 Å². The lowest BCUT2D eigenvalue weighted by molar-refractivity contribution is 0.156. The van der Waals surface area contributed by atoms with Gasteiger partial charge >= 0.3 is 0 Å². The molecule has 0 spiro atoms. The molecule has 0 atom stereocenters. The maximum Gasteiger partial charge on any atom is 0.160 e. The second-order valence-corrected chi connectivity index (χ2v) is 9.68. The van der Waals surface area contributed by atoms with Crippen LogP contribution in [0, 0.1) is 41.2 Å². The van der Waals surface area contributed by atoms with Crippen molar-refractivity contribution < 1.29 is 8.78 Å². The fourth-order valence-electron chi connectivity index (χ4n) is 5.84. The fraction of sp³-hybridized carbons (Fsp3) is 0.517. The molecule has 0 nitrogen and oxygen atoms in total. The van der Waals surface area contributed by atoms with Crippen molar-refractivity contribution in [3.8, 4) is 11.8 Å². The summed E-state index contributed by atoms with van der Waals surface area (Å²) in [6.07, 6.45) is 14.0. The van der Waals surface area contributed by atoms with Crippen molar-refractivity contribution in [1.82, 2.24) is 0 Å². The average Bonchev–Trinajstić information content (AvgIpc) is 2.81. The number of halogens is 2. The van der Waals surface area contributed by atoms with Gasteiger partial charge in [-0.2, -0.15) is 0 Å². The van der Waals surface area contributed by atoms with E-state index in [0.717, 1.165) is 35.4 Å². The summed E-state index contributed by atoms with van der Waals surface area (Å²) in [6.45, 7) is 2.32.